The molecule has 1 aromatic heterocycles. The molecule has 0 N–H and O–H groups in total. The second kappa shape index (κ2) is 5.39. The topological polar surface area (TPSA) is 49.6 Å². The molecular weight excluding hydrogens is 278 g/mol. The number of likely N-dealkylation sites (tertiary alicyclic amines) is 2. The second-order valence-corrected chi connectivity index (χ2v) is 6.23. The van der Waals surface area contributed by atoms with Gasteiger partial charge in [-0.1, -0.05) is 24.2 Å². The van der Waals surface area contributed by atoms with Crippen molar-refractivity contribution in [1.29, 1.82) is 0 Å². The van der Waals surface area contributed by atoms with Gasteiger partial charge in [0.1, 0.15) is 5.69 Å². The predicted molar refractivity (Wildman–Crippen MR) is 83.5 cm³/mol. The maximum atomic E-state index is 12.7. The fourth-order valence-corrected chi connectivity index (χ4v) is 4.09. The molecule has 3 heterocycles. The molecule has 1 amide bonds. The Hall–Kier alpha value is -1.88. The highest BCUT2D eigenvalue weighted by atomic mass is 16.5. The van der Waals surface area contributed by atoms with Gasteiger partial charge in [0, 0.05) is 30.6 Å². The normalized spacial score (nSPS) is 25.0. The third kappa shape index (κ3) is 2.11. The third-order valence-corrected chi connectivity index (χ3v) is 5.19. The smallest absolute Gasteiger partial charge is 0.229 e. The summed E-state index contributed by atoms with van der Waals surface area (Å²) in [6, 6.07) is 8.68. The molecule has 116 valence electrons. The van der Waals surface area contributed by atoms with Crippen LogP contribution in [0.5, 0.6) is 0 Å². The summed E-state index contributed by atoms with van der Waals surface area (Å²) in [5.41, 5.74) is 1.51. The Kier molecular flexibility index (Phi) is 3.37. The molecule has 1 aromatic carbocycles. The number of para-hydroxylation sites is 1. The molecule has 5 nitrogen and oxygen atoms in total. The summed E-state index contributed by atoms with van der Waals surface area (Å²) < 4.78 is 5.30. The summed E-state index contributed by atoms with van der Waals surface area (Å²) in [6.07, 6.45) is 2.54. The van der Waals surface area contributed by atoms with Crippen LogP contribution in [0.1, 0.15) is 25.5 Å². The number of fused-ring (bicyclic) bond motifs is 2. The Labute approximate surface area is 129 Å². The predicted octanol–water partition coefficient (Wildman–Crippen LogP) is 2.07. The number of benzene rings is 1. The first-order chi connectivity index (χ1) is 10.8. The first-order valence-electron chi connectivity index (χ1n) is 8.14. The maximum absolute atomic E-state index is 12.7. The molecule has 0 bridgehead atoms. The van der Waals surface area contributed by atoms with Gasteiger partial charge in [-0.15, -0.1) is 0 Å². The number of likely N-dealkylation sites (N-methyl/N-ethyl adjacent to an activating group) is 1. The van der Waals surface area contributed by atoms with Gasteiger partial charge in [0.25, 0.3) is 0 Å². The van der Waals surface area contributed by atoms with Gasteiger partial charge in [0.2, 0.25) is 5.91 Å². The van der Waals surface area contributed by atoms with Crippen LogP contribution in [0.15, 0.2) is 28.8 Å². The number of nitrogens with zero attached hydrogens (tertiary/aromatic N) is 3. The van der Waals surface area contributed by atoms with E-state index in [4.69, 9.17) is 4.52 Å². The van der Waals surface area contributed by atoms with Gasteiger partial charge in [0.05, 0.1) is 6.42 Å². The SMILES string of the molecule is CCN1CC[C@H]2[C@@H]1CCN2C(=O)Cc1noc2ccccc12. The highest BCUT2D eigenvalue weighted by Gasteiger charge is 2.43. The summed E-state index contributed by atoms with van der Waals surface area (Å²) in [6.45, 7) is 5.27. The average Bonchev–Trinajstić information content (AvgIpc) is 3.21. The summed E-state index contributed by atoms with van der Waals surface area (Å²) in [5, 5.41) is 5.04. The van der Waals surface area contributed by atoms with Gasteiger partial charge < -0.3 is 9.42 Å². The van der Waals surface area contributed by atoms with Gasteiger partial charge in [-0.3, -0.25) is 9.69 Å². The number of carbonyl (C=O) groups is 1. The Bertz CT molecular complexity index is 696. The minimum Gasteiger partial charge on any atom is -0.356 e. The number of carbonyl (C=O) groups excluding carboxylic acids is 1. The number of aromatic nitrogens is 1. The zero-order valence-electron chi connectivity index (χ0n) is 12.9. The van der Waals surface area contributed by atoms with E-state index in [0.29, 0.717) is 18.5 Å². The van der Waals surface area contributed by atoms with E-state index in [2.05, 4.69) is 21.9 Å². The Morgan fingerprint density at radius 3 is 2.95 bits per heavy atom. The minimum absolute atomic E-state index is 0.185. The molecule has 0 spiro atoms. The number of hydrogen-bond acceptors (Lipinski definition) is 4. The monoisotopic (exact) mass is 299 g/mol. The molecule has 4 rings (SSSR count). The van der Waals surface area contributed by atoms with E-state index in [1.54, 1.807) is 0 Å². The molecule has 2 fully saturated rings. The molecule has 0 aliphatic carbocycles. The fourth-order valence-electron chi connectivity index (χ4n) is 4.09. The largest absolute Gasteiger partial charge is 0.356 e. The molecular formula is C17H21N3O2. The summed E-state index contributed by atoms with van der Waals surface area (Å²) in [4.78, 5) is 17.3. The number of hydrogen-bond donors (Lipinski definition) is 0. The first-order valence-corrected chi connectivity index (χ1v) is 8.14. The highest BCUT2D eigenvalue weighted by Crippen LogP contribution is 2.32. The number of amides is 1. The van der Waals surface area contributed by atoms with E-state index in [-0.39, 0.29) is 5.91 Å². The lowest BCUT2D eigenvalue weighted by molar-refractivity contribution is -0.131. The lowest BCUT2D eigenvalue weighted by atomic mass is 10.1. The van der Waals surface area contributed by atoms with Crippen LogP contribution in [0, 0.1) is 0 Å². The van der Waals surface area contributed by atoms with Crippen LogP contribution < -0.4 is 0 Å². The van der Waals surface area contributed by atoms with Crippen LogP contribution in [0.4, 0.5) is 0 Å². The molecule has 22 heavy (non-hydrogen) atoms. The third-order valence-electron chi connectivity index (χ3n) is 5.19. The van der Waals surface area contributed by atoms with Crippen molar-refractivity contribution in [2.24, 2.45) is 0 Å². The van der Waals surface area contributed by atoms with Crippen molar-refractivity contribution in [3.05, 3.63) is 30.0 Å². The Morgan fingerprint density at radius 2 is 2.09 bits per heavy atom. The van der Waals surface area contributed by atoms with Crippen molar-refractivity contribution in [2.45, 2.75) is 38.3 Å². The average molecular weight is 299 g/mol. The van der Waals surface area contributed by atoms with Crippen molar-refractivity contribution >= 4 is 16.9 Å². The van der Waals surface area contributed by atoms with Gasteiger partial charge in [-0.05, 0) is 31.5 Å². The van der Waals surface area contributed by atoms with Crippen LogP contribution in [0.2, 0.25) is 0 Å². The molecule has 2 saturated heterocycles. The van der Waals surface area contributed by atoms with E-state index in [9.17, 15) is 4.79 Å². The lowest BCUT2D eigenvalue weighted by Crippen LogP contribution is -2.40. The molecule has 0 saturated carbocycles. The van der Waals surface area contributed by atoms with Crippen LogP contribution in [-0.2, 0) is 11.2 Å². The molecule has 2 aliphatic rings. The molecule has 2 aliphatic heterocycles. The summed E-state index contributed by atoms with van der Waals surface area (Å²) in [7, 11) is 0. The van der Waals surface area contributed by atoms with E-state index < -0.39 is 0 Å². The van der Waals surface area contributed by atoms with Gasteiger partial charge in [0.15, 0.2) is 5.58 Å². The summed E-state index contributed by atoms with van der Waals surface area (Å²) in [5.74, 6) is 0.185. The lowest BCUT2D eigenvalue weighted by Gasteiger charge is -2.24. The van der Waals surface area contributed by atoms with E-state index in [0.717, 1.165) is 49.1 Å². The summed E-state index contributed by atoms with van der Waals surface area (Å²) >= 11 is 0. The zero-order valence-corrected chi connectivity index (χ0v) is 12.9. The maximum Gasteiger partial charge on any atom is 0.229 e. The Balaban J connectivity index is 1.51. The van der Waals surface area contributed by atoms with E-state index in [1.165, 1.54) is 0 Å². The van der Waals surface area contributed by atoms with Crippen molar-refractivity contribution in [3.63, 3.8) is 0 Å². The highest BCUT2D eigenvalue weighted by molar-refractivity contribution is 5.86. The zero-order chi connectivity index (χ0) is 15.1. The quantitative estimate of drug-likeness (QED) is 0.870. The minimum atomic E-state index is 0.185. The van der Waals surface area contributed by atoms with Crippen molar-refractivity contribution in [2.75, 3.05) is 19.6 Å². The van der Waals surface area contributed by atoms with Crippen LogP contribution >= 0.6 is 0 Å². The van der Waals surface area contributed by atoms with E-state index >= 15 is 0 Å². The van der Waals surface area contributed by atoms with Gasteiger partial charge in [-0.25, -0.2) is 0 Å². The standard InChI is InChI=1S/C17H21N3O2/c1-2-19-9-7-15-14(19)8-10-20(15)17(21)11-13-12-5-3-4-6-16(12)22-18-13/h3-6,14-15H,2,7-11H2,1H3/t14-,15-/m0/s1. The van der Waals surface area contributed by atoms with Crippen LogP contribution in [-0.4, -0.2) is 52.6 Å². The molecule has 2 atom stereocenters. The Morgan fingerprint density at radius 1 is 1.27 bits per heavy atom. The number of rotatable bonds is 3. The van der Waals surface area contributed by atoms with Crippen LogP contribution in [0.3, 0.4) is 0 Å². The van der Waals surface area contributed by atoms with Gasteiger partial charge in [-0.2, -0.15) is 0 Å². The second-order valence-electron chi connectivity index (χ2n) is 6.23. The van der Waals surface area contributed by atoms with E-state index in [1.807, 2.05) is 24.3 Å². The van der Waals surface area contributed by atoms with Crippen molar-refractivity contribution < 1.29 is 9.32 Å². The molecule has 5 heteroatoms. The van der Waals surface area contributed by atoms with Crippen molar-refractivity contribution in [3.8, 4) is 0 Å². The fraction of sp³-hybridized carbons (Fsp3) is 0.529. The first kappa shape index (κ1) is 13.8. The van der Waals surface area contributed by atoms with Gasteiger partial charge >= 0.3 is 0 Å². The van der Waals surface area contributed by atoms with Crippen molar-refractivity contribution in [1.82, 2.24) is 15.0 Å². The molecule has 2 aromatic rings. The molecule has 0 radical (unpaired) electrons. The van der Waals surface area contributed by atoms with Crippen LogP contribution in [0.25, 0.3) is 11.0 Å². The molecule has 0 unspecified atom stereocenters.